The van der Waals surface area contributed by atoms with Gasteiger partial charge in [-0.25, -0.2) is 0 Å². The molecular weight excluding hydrogens is 340 g/mol. The van der Waals surface area contributed by atoms with Gasteiger partial charge in [-0.15, -0.1) is 0 Å². The van der Waals surface area contributed by atoms with Crippen molar-refractivity contribution in [2.75, 3.05) is 17.7 Å². The molecule has 27 heavy (non-hydrogen) atoms. The number of nitrogens with one attached hydrogen (secondary N) is 2. The highest BCUT2D eigenvalue weighted by Crippen LogP contribution is 2.37. The number of aromatic nitrogens is 1. The van der Waals surface area contributed by atoms with Crippen LogP contribution < -0.4 is 10.6 Å². The van der Waals surface area contributed by atoms with E-state index in [2.05, 4.69) is 21.7 Å². The first-order chi connectivity index (χ1) is 13.0. The second-order valence-electron chi connectivity index (χ2n) is 6.98. The molecule has 2 aliphatic rings. The topological polar surface area (TPSA) is 77.5 Å². The smallest absolute Gasteiger partial charge is 0.224 e. The average molecular weight is 362 g/mol. The van der Waals surface area contributed by atoms with Crippen LogP contribution in [0.5, 0.6) is 0 Å². The van der Waals surface area contributed by atoms with Gasteiger partial charge in [-0.2, -0.15) is 0 Å². The number of hydrogen-bond donors (Lipinski definition) is 3. The Morgan fingerprint density at radius 3 is 2.93 bits per heavy atom. The van der Waals surface area contributed by atoms with Crippen LogP contribution in [0.4, 0.5) is 17.1 Å². The molecule has 0 bridgehead atoms. The van der Waals surface area contributed by atoms with Gasteiger partial charge < -0.3 is 20.6 Å². The number of fused-ring (bicyclic) bond motifs is 1. The lowest BCUT2D eigenvalue weighted by Crippen LogP contribution is -2.30. The number of carbonyl (C=O) groups is 1. The molecule has 1 aromatic carbocycles. The fourth-order valence-corrected chi connectivity index (χ4v) is 3.48. The second kappa shape index (κ2) is 6.89. The third-order valence-corrected chi connectivity index (χ3v) is 4.90. The van der Waals surface area contributed by atoms with E-state index < -0.39 is 6.23 Å². The lowest BCUT2D eigenvalue weighted by Gasteiger charge is -2.29. The Labute approximate surface area is 158 Å². The molecule has 6 nitrogen and oxygen atoms in total. The van der Waals surface area contributed by atoms with Gasteiger partial charge in [0.15, 0.2) is 0 Å². The number of amides is 1. The minimum absolute atomic E-state index is 0.0277. The van der Waals surface area contributed by atoms with Crippen molar-refractivity contribution < 1.29 is 9.90 Å². The van der Waals surface area contributed by atoms with Crippen molar-refractivity contribution >= 4 is 28.5 Å². The number of allylic oxidation sites excluding steroid dienone is 2. The third-order valence-electron chi connectivity index (χ3n) is 4.90. The largest absolute Gasteiger partial charge is 0.370 e. The zero-order valence-electron chi connectivity index (χ0n) is 15.4. The van der Waals surface area contributed by atoms with Crippen molar-refractivity contribution in [3.8, 4) is 0 Å². The molecule has 1 aromatic heterocycles. The van der Waals surface area contributed by atoms with Crippen LogP contribution in [0, 0.1) is 0 Å². The first kappa shape index (κ1) is 17.3. The van der Waals surface area contributed by atoms with E-state index in [1.54, 1.807) is 17.3 Å². The highest BCUT2D eigenvalue weighted by Gasteiger charge is 2.22. The van der Waals surface area contributed by atoms with Gasteiger partial charge in [0.05, 0.1) is 23.3 Å². The molecule has 0 spiro atoms. The SMILES string of the molecule is CC1=CC(c2cc3c(c(Nc4cccnc4)c2)NC(=O)CC3)=CN(C)C1O. The summed E-state index contributed by atoms with van der Waals surface area (Å²) in [6.45, 7) is 1.92. The Kier molecular flexibility index (Phi) is 4.41. The van der Waals surface area contributed by atoms with E-state index in [9.17, 15) is 9.90 Å². The zero-order chi connectivity index (χ0) is 19.0. The molecular formula is C21H22N4O2. The second-order valence-corrected chi connectivity index (χ2v) is 6.98. The minimum atomic E-state index is -0.598. The normalized spacial score (nSPS) is 19.0. The minimum Gasteiger partial charge on any atom is -0.370 e. The quantitative estimate of drug-likeness (QED) is 0.781. The number of hydrogen-bond acceptors (Lipinski definition) is 5. The van der Waals surface area contributed by atoms with Gasteiger partial charge in [0.1, 0.15) is 6.23 Å². The molecule has 1 unspecified atom stereocenters. The standard InChI is InChI=1S/C21H22N4O2/c1-13-8-16(12-25(2)21(13)27)15-9-14-5-6-19(26)24-20(14)18(10-15)23-17-4-3-7-22-11-17/h3-4,7-12,21,23,27H,5-6H2,1-2H3,(H,24,26). The maximum absolute atomic E-state index is 11.9. The first-order valence-electron chi connectivity index (χ1n) is 8.95. The molecule has 3 N–H and O–H groups in total. The summed E-state index contributed by atoms with van der Waals surface area (Å²) in [4.78, 5) is 17.9. The van der Waals surface area contributed by atoms with Crippen LogP contribution in [0.25, 0.3) is 5.57 Å². The lowest BCUT2D eigenvalue weighted by molar-refractivity contribution is -0.116. The highest BCUT2D eigenvalue weighted by atomic mass is 16.3. The van der Waals surface area contributed by atoms with Crippen molar-refractivity contribution in [3.63, 3.8) is 0 Å². The van der Waals surface area contributed by atoms with Gasteiger partial charge in [0.2, 0.25) is 5.91 Å². The van der Waals surface area contributed by atoms with Crippen LogP contribution in [0.1, 0.15) is 24.5 Å². The number of anilines is 3. The number of benzene rings is 1. The fraction of sp³-hybridized carbons (Fsp3) is 0.238. The van der Waals surface area contributed by atoms with Gasteiger partial charge in [-0.3, -0.25) is 9.78 Å². The van der Waals surface area contributed by atoms with Crippen molar-refractivity contribution in [2.45, 2.75) is 26.0 Å². The molecule has 2 aromatic rings. The number of aliphatic hydroxyl groups is 1. The molecule has 1 atom stereocenters. The van der Waals surface area contributed by atoms with Gasteiger partial charge in [0, 0.05) is 25.9 Å². The van der Waals surface area contributed by atoms with Crippen LogP contribution in [0.2, 0.25) is 0 Å². The Balaban J connectivity index is 1.79. The summed E-state index contributed by atoms with van der Waals surface area (Å²) in [5.74, 6) is 0.0277. The third kappa shape index (κ3) is 3.44. The molecule has 0 aliphatic carbocycles. The van der Waals surface area contributed by atoms with E-state index in [4.69, 9.17) is 0 Å². The number of pyridine rings is 1. The van der Waals surface area contributed by atoms with Gasteiger partial charge in [-0.1, -0.05) is 0 Å². The number of likely N-dealkylation sites (N-methyl/N-ethyl adjacent to an activating group) is 1. The van der Waals surface area contributed by atoms with Gasteiger partial charge in [0.25, 0.3) is 0 Å². The van der Waals surface area contributed by atoms with Crippen LogP contribution in [-0.4, -0.2) is 34.2 Å². The van der Waals surface area contributed by atoms with Crippen LogP contribution in [-0.2, 0) is 11.2 Å². The van der Waals surface area contributed by atoms with Crippen LogP contribution >= 0.6 is 0 Å². The lowest BCUT2D eigenvalue weighted by atomic mass is 9.93. The number of nitrogens with zero attached hydrogens (tertiary/aromatic N) is 2. The predicted octanol–water partition coefficient (Wildman–Crippen LogP) is 3.26. The summed E-state index contributed by atoms with van der Waals surface area (Å²) in [5, 5.41) is 16.5. The zero-order valence-corrected chi connectivity index (χ0v) is 15.4. The van der Waals surface area contributed by atoms with E-state index >= 15 is 0 Å². The van der Waals surface area contributed by atoms with E-state index in [1.165, 1.54) is 0 Å². The Morgan fingerprint density at radius 2 is 2.19 bits per heavy atom. The molecule has 3 heterocycles. The Morgan fingerprint density at radius 1 is 1.33 bits per heavy atom. The van der Waals surface area contributed by atoms with E-state index in [-0.39, 0.29) is 5.91 Å². The number of carbonyl (C=O) groups excluding carboxylic acids is 1. The molecule has 2 aliphatic heterocycles. The van der Waals surface area contributed by atoms with E-state index in [0.29, 0.717) is 12.8 Å². The number of rotatable bonds is 3. The fourth-order valence-electron chi connectivity index (χ4n) is 3.48. The van der Waals surface area contributed by atoms with Crippen LogP contribution in [0.3, 0.4) is 0 Å². The average Bonchev–Trinajstić information content (AvgIpc) is 2.66. The monoisotopic (exact) mass is 362 g/mol. The summed E-state index contributed by atoms with van der Waals surface area (Å²) in [6.07, 6.45) is 7.99. The highest BCUT2D eigenvalue weighted by molar-refractivity contribution is 5.99. The van der Waals surface area contributed by atoms with Gasteiger partial charge >= 0.3 is 0 Å². The molecule has 0 saturated heterocycles. The van der Waals surface area contributed by atoms with Gasteiger partial charge in [-0.05, 0) is 66.0 Å². The van der Waals surface area contributed by atoms with E-state index in [0.717, 1.165) is 39.3 Å². The molecule has 0 radical (unpaired) electrons. The summed E-state index contributed by atoms with van der Waals surface area (Å²) in [5.41, 5.74) is 6.56. The van der Waals surface area contributed by atoms with E-state index in [1.807, 2.05) is 44.4 Å². The summed E-state index contributed by atoms with van der Waals surface area (Å²) in [7, 11) is 1.86. The first-order valence-corrected chi connectivity index (χ1v) is 8.95. The summed E-state index contributed by atoms with van der Waals surface area (Å²) in [6, 6.07) is 7.94. The molecule has 138 valence electrons. The summed E-state index contributed by atoms with van der Waals surface area (Å²) >= 11 is 0. The number of aryl methyl sites for hydroxylation is 1. The van der Waals surface area contributed by atoms with Crippen LogP contribution in [0.15, 0.2) is 54.5 Å². The Bertz CT molecular complexity index is 950. The van der Waals surface area contributed by atoms with Crippen molar-refractivity contribution in [1.82, 2.24) is 9.88 Å². The molecule has 0 fully saturated rings. The maximum atomic E-state index is 11.9. The Hall–Kier alpha value is -3.12. The molecule has 0 saturated carbocycles. The summed E-state index contributed by atoms with van der Waals surface area (Å²) < 4.78 is 0. The molecule has 4 rings (SSSR count). The van der Waals surface area contributed by atoms with Crippen molar-refractivity contribution in [1.29, 1.82) is 0 Å². The molecule has 6 heteroatoms. The molecule has 1 amide bonds. The number of aliphatic hydroxyl groups excluding tert-OH is 1. The van der Waals surface area contributed by atoms with Crippen molar-refractivity contribution in [2.24, 2.45) is 0 Å². The maximum Gasteiger partial charge on any atom is 0.224 e. The predicted molar refractivity (Wildman–Crippen MR) is 106 cm³/mol. The van der Waals surface area contributed by atoms with Crippen molar-refractivity contribution in [3.05, 3.63) is 65.6 Å².